The number of carbonyl (C=O) groups excluding carboxylic acids is 2. The summed E-state index contributed by atoms with van der Waals surface area (Å²) in [5.74, 6) is -0.125. The van der Waals surface area contributed by atoms with Gasteiger partial charge in [0.2, 0.25) is 0 Å². The SMILES string of the molecule is CC(=O)C=C(C)O.CC(=O)C=C(C)O.Cc1[c-]c(-c2cc3c4ccccc4c4ccccc4c3cn2)cc(C)c1.[Ir].[Ir].[c-]1ccccc1-c1cc2c3ccccc3c3ccccc3c2cn1. The molecule has 66 heavy (non-hydrogen) atoms. The van der Waals surface area contributed by atoms with E-state index < -0.39 is 0 Å². The largest absolute Gasteiger partial charge is 0.512 e. The molecule has 0 unspecified atom stereocenters. The van der Waals surface area contributed by atoms with Gasteiger partial charge in [0.15, 0.2) is 11.6 Å². The minimum absolute atomic E-state index is 0. The van der Waals surface area contributed by atoms with Gasteiger partial charge < -0.3 is 20.2 Å². The Balaban J connectivity index is 0.000000189. The van der Waals surface area contributed by atoms with E-state index in [-0.39, 0.29) is 63.3 Å². The predicted octanol–water partition coefficient (Wildman–Crippen LogP) is 14.7. The molecule has 10 rings (SSSR count). The van der Waals surface area contributed by atoms with Crippen LogP contribution in [0.1, 0.15) is 38.8 Å². The standard InChI is InChI=1S/C25H18N.C23H14N.2C5H8O2.2Ir/c1-16-11-17(2)13-18(12-16)25-14-23-21-9-5-3-7-19(21)20-8-4-6-10-22(20)24(23)15-26-25;1-2-8-16(9-3-1)23-14-21-19-12-6-4-10-17(19)18-11-5-7-13-20(18)22(21)15-24-23;2*1-4(6)3-5(2)7;;/h3-12,14-15H,1-2H3;1-8,10-15H;2*3,6H,1-2H3;;/q2*-1;;;;. The second-order valence-corrected chi connectivity index (χ2v) is 15.7. The number of pyridine rings is 2. The summed E-state index contributed by atoms with van der Waals surface area (Å²) in [6.07, 6.45) is 6.35. The van der Waals surface area contributed by atoms with Crippen molar-refractivity contribution in [1.82, 2.24) is 9.97 Å². The molecule has 0 aliphatic rings. The fourth-order valence-corrected chi connectivity index (χ4v) is 8.07. The molecule has 0 fully saturated rings. The number of hydrogen-bond donors (Lipinski definition) is 2. The van der Waals surface area contributed by atoms with Gasteiger partial charge in [0.05, 0.1) is 11.5 Å². The van der Waals surface area contributed by atoms with Crippen molar-refractivity contribution in [3.05, 3.63) is 205 Å². The van der Waals surface area contributed by atoms with Crippen LogP contribution in [0.4, 0.5) is 0 Å². The third-order valence-electron chi connectivity index (χ3n) is 10.5. The Morgan fingerprint density at radius 2 is 0.803 bits per heavy atom. The Hall–Kier alpha value is -6.66. The van der Waals surface area contributed by atoms with E-state index in [9.17, 15) is 9.59 Å². The number of benzene rings is 8. The maximum Gasteiger partial charge on any atom is 0.155 e. The van der Waals surface area contributed by atoms with Gasteiger partial charge in [-0.05, 0) is 92.9 Å². The van der Waals surface area contributed by atoms with E-state index in [0.29, 0.717) is 0 Å². The number of rotatable bonds is 4. The third kappa shape index (κ3) is 12.0. The number of aliphatic hydroxyl groups excluding tert-OH is 2. The van der Waals surface area contributed by atoms with Gasteiger partial charge in [-0.15, -0.1) is 70.8 Å². The van der Waals surface area contributed by atoms with Crippen LogP contribution in [0.2, 0.25) is 0 Å². The topological polar surface area (TPSA) is 100 Å². The average Bonchev–Trinajstić information content (AvgIpc) is 3.28. The molecule has 0 atom stereocenters. The van der Waals surface area contributed by atoms with Gasteiger partial charge in [-0.25, -0.2) is 0 Å². The zero-order chi connectivity index (χ0) is 45.3. The molecule has 2 N–H and O–H groups in total. The van der Waals surface area contributed by atoms with E-state index in [2.05, 4.69) is 153 Å². The van der Waals surface area contributed by atoms with E-state index in [1.807, 2.05) is 30.6 Å². The smallest absolute Gasteiger partial charge is 0.155 e. The second-order valence-electron chi connectivity index (χ2n) is 15.7. The molecule has 334 valence electrons. The molecule has 0 saturated heterocycles. The van der Waals surface area contributed by atoms with Gasteiger partial charge in [0.1, 0.15) is 0 Å². The zero-order valence-corrected chi connectivity index (χ0v) is 42.2. The van der Waals surface area contributed by atoms with E-state index >= 15 is 0 Å². The van der Waals surface area contributed by atoms with Crippen LogP contribution in [0.15, 0.2) is 182 Å². The summed E-state index contributed by atoms with van der Waals surface area (Å²) in [5, 5.41) is 31.8. The van der Waals surface area contributed by atoms with Crippen molar-refractivity contribution in [2.24, 2.45) is 0 Å². The molecule has 6 nitrogen and oxygen atoms in total. The Morgan fingerprint density at radius 1 is 0.455 bits per heavy atom. The first kappa shape index (κ1) is 50.3. The summed E-state index contributed by atoms with van der Waals surface area (Å²) < 4.78 is 0. The number of aliphatic hydroxyl groups is 2. The summed E-state index contributed by atoms with van der Waals surface area (Å²) in [5.41, 5.74) is 6.40. The van der Waals surface area contributed by atoms with Crippen molar-refractivity contribution in [3.8, 4) is 22.5 Å². The molecule has 10 aromatic rings. The monoisotopic (exact) mass is 1220 g/mol. The molecule has 0 amide bonds. The molecular formula is C58H48Ir2N2O4-2. The maximum absolute atomic E-state index is 10.0. The number of aryl methyl sites for hydroxylation is 2. The van der Waals surface area contributed by atoms with E-state index in [4.69, 9.17) is 20.2 Å². The van der Waals surface area contributed by atoms with Crippen molar-refractivity contribution >= 4 is 76.2 Å². The molecule has 2 aromatic heterocycles. The van der Waals surface area contributed by atoms with Crippen molar-refractivity contribution in [1.29, 1.82) is 0 Å². The summed E-state index contributed by atoms with van der Waals surface area (Å²) >= 11 is 0. The Morgan fingerprint density at radius 3 is 1.12 bits per heavy atom. The Kier molecular flexibility index (Phi) is 17.5. The molecule has 0 bridgehead atoms. The van der Waals surface area contributed by atoms with Crippen LogP contribution in [0, 0.1) is 26.0 Å². The fraction of sp³-hybridized carbons (Fsp3) is 0.103. The summed E-state index contributed by atoms with van der Waals surface area (Å²) in [7, 11) is 0. The predicted molar refractivity (Wildman–Crippen MR) is 266 cm³/mol. The second kappa shape index (κ2) is 23.0. The van der Waals surface area contributed by atoms with Crippen molar-refractivity contribution < 1.29 is 60.0 Å². The summed E-state index contributed by atoms with van der Waals surface area (Å²) in [4.78, 5) is 29.5. The zero-order valence-electron chi connectivity index (χ0n) is 37.4. The first-order valence-corrected chi connectivity index (χ1v) is 21.0. The molecule has 2 radical (unpaired) electrons. The van der Waals surface area contributed by atoms with Gasteiger partial charge in [0, 0.05) is 75.5 Å². The van der Waals surface area contributed by atoms with Crippen LogP contribution in [0.5, 0.6) is 0 Å². The van der Waals surface area contributed by atoms with Crippen LogP contribution in [0.3, 0.4) is 0 Å². The number of ketones is 2. The summed E-state index contributed by atoms with van der Waals surface area (Å²) in [6.45, 7) is 9.90. The number of hydrogen-bond acceptors (Lipinski definition) is 6. The van der Waals surface area contributed by atoms with Crippen LogP contribution < -0.4 is 0 Å². The van der Waals surface area contributed by atoms with Crippen molar-refractivity contribution in [2.75, 3.05) is 0 Å². The van der Waals surface area contributed by atoms with E-state index in [0.717, 1.165) is 28.1 Å². The molecule has 0 aliphatic carbocycles. The van der Waals surface area contributed by atoms with E-state index in [1.165, 1.54) is 110 Å². The van der Waals surface area contributed by atoms with Gasteiger partial charge in [-0.3, -0.25) is 9.59 Å². The van der Waals surface area contributed by atoms with Gasteiger partial charge in [0.25, 0.3) is 0 Å². The number of carbonyl (C=O) groups is 2. The number of allylic oxidation sites excluding steroid dienone is 4. The Labute approximate surface area is 412 Å². The molecule has 0 saturated carbocycles. The maximum atomic E-state index is 10.0. The fourth-order valence-electron chi connectivity index (χ4n) is 8.07. The third-order valence-corrected chi connectivity index (χ3v) is 10.5. The quantitative estimate of drug-likeness (QED) is 0.0788. The first-order valence-electron chi connectivity index (χ1n) is 21.0. The van der Waals surface area contributed by atoms with E-state index in [1.54, 1.807) is 0 Å². The van der Waals surface area contributed by atoms with Crippen LogP contribution >= 0.6 is 0 Å². The minimum Gasteiger partial charge on any atom is -0.512 e. The first-order chi connectivity index (χ1) is 30.9. The van der Waals surface area contributed by atoms with Crippen LogP contribution in [-0.2, 0) is 49.8 Å². The molecular weight excluding hydrogens is 1170 g/mol. The molecule has 0 spiro atoms. The van der Waals surface area contributed by atoms with Crippen molar-refractivity contribution in [2.45, 2.75) is 41.5 Å². The van der Waals surface area contributed by atoms with Gasteiger partial charge in [-0.1, -0.05) is 123 Å². The molecule has 0 aliphatic heterocycles. The molecule has 8 aromatic carbocycles. The average molecular weight is 1220 g/mol. The molecule has 2 heterocycles. The number of nitrogens with zero attached hydrogens (tertiary/aromatic N) is 2. The van der Waals surface area contributed by atoms with Crippen LogP contribution in [-0.4, -0.2) is 31.7 Å². The van der Waals surface area contributed by atoms with Crippen LogP contribution in [0.25, 0.3) is 87.1 Å². The number of fused-ring (bicyclic) bond motifs is 12. The van der Waals surface area contributed by atoms with Gasteiger partial charge in [-0.2, -0.15) is 0 Å². The van der Waals surface area contributed by atoms with Crippen molar-refractivity contribution in [3.63, 3.8) is 0 Å². The molecule has 8 heteroatoms. The van der Waals surface area contributed by atoms with Gasteiger partial charge >= 0.3 is 0 Å². The summed E-state index contributed by atoms with van der Waals surface area (Å²) in [6, 6.07) is 57.8. The normalized spacial score (nSPS) is 11.1. The number of aromatic nitrogens is 2. The minimum atomic E-state index is -0.125. The Bertz CT molecular complexity index is 3290.